The Kier molecular flexibility index (Phi) is 6.34. The summed E-state index contributed by atoms with van der Waals surface area (Å²) >= 11 is 0. The lowest BCUT2D eigenvalue weighted by atomic mass is 10.2. The molecular formula is C17H19N3O5. The fourth-order valence-corrected chi connectivity index (χ4v) is 1.87. The lowest BCUT2D eigenvalue weighted by Gasteiger charge is -2.16. The first kappa shape index (κ1) is 18.3. The SMILES string of the molecule is CN(CC(=O)NC1CC1)C(=O)COC(=O)COc1ccc(C#N)cc1. The Morgan fingerprint density at radius 2 is 1.92 bits per heavy atom. The van der Waals surface area contributed by atoms with Gasteiger partial charge in [-0.05, 0) is 37.1 Å². The minimum atomic E-state index is -0.700. The second-order valence-corrected chi connectivity index (χ2v) is 5.68. The molecule has 0 spiro atoms. The van der Waals surface area contributed by atoms with Crippen LogP contribution in [-0.4, -0.2) is 55.5 Å². The third kappa shape index (κ3) is 6.51. The van der Waals surface area contributed by atoms with Gasteiger partial charge in [-0.1, -0.05) is 0 Å². The van der Waals surface area contributed by atoms with Crippen LogP contribution in [0.4, 0.5) is 0 Å². The van der Waals surface area contributed by atoms with Gasteiger partial charge in [0.1, 0.15) is 5.75 Å². The number of carbonyl (C=O) groups is 3. The highest BCUT2D eigenvalue weighted by Crippen LogP contribution is 2.18. The number of hydrogen-bond acceptors (Lipinski definition) is 6. The normalized spacial score (nSPS) is 12.6. The lowest BCUT2D eigenvalue weighted by Crippen LogP contribution is -2.40. The Hall–Kier alpha value is -3.08. The summed E-state index contributed by atoms with van der Waals surface area (Å²) in [5, 5.41) is 11.5. The van der Waals surface area contributed by atoms with Gasteiger partial charge in [0, 0.05) is 13.1 Å². The van der Waals surface area contributed by atoms with Gasteiger partial charge in [0.15, 0.2) is 13.2 Å². The van der Waals surface area contributed by atoms with Crippen molar-refractivity contribution in [3.05, 3.63) is 29.8 Å². The monoisotopic (exact) mass is 345 g/mol. The lowest BCUT2D eigenvalue weighted by molar-refractivity contribution is -0.153. The number of amides is 2. The minimum Gasteiger partial charge on any atom is -0.482 e. The first-order chi connectivity index (χ1) is 12.0. The van der Waals surface area contributed by atoms with Crippen molar-refractivity contribution in [1.29, 1.82) is 5.26 Å². The molecule has 0 radical (unpaired) electrons. The molecule has 1 aromatic carbocycles. The van der Waals surface area contributed by atoms with Gasteiger partial charge in [-0.25, -0.2) is 4.79 Å². The molecule has 2 amide bonds. The van der Waals surface area contributed by atoms with E-state index in [4.69, 9.17) is 14.7 Å². The summed E-state index contributed by atoms with van der Waals surface area (Å²) in [6.07, 6.45) is 1.94. The number of carbonyl (C=O) groups excluding carboxylic acids is 3. The van der Waals surface area contributed by atoms with Gasteiger partial charge in [-0.3, -0.25) is 9.59 Å². The van der Waals surface area contributed by atoms with Crippen LogP contribution in [0.2, 0.25) is 0 Å². The van der Waals surface area contributed by atoms with Crippen LogP contribution in [0.5, 0.6) is 5.75 Å². The quantitative estimate of drug-likeness (QED) is 0.675. The molecule has 1 aliphatic carbocycles. The molecular weight excluding hydrogens is 326 g/mol. The van der Waals surface area contributed by atoms with E-state index in [2.05, 4.69) is 5.32 Å². The number of rotatable bonds is 8. The summed E-state index contributed by atoms with van der Waals surface area (Å²) in [4.78, 5) is 36.2. The summed E-state index contributed by atoms with van der Waals surface area (Å²) in [7, 11) is 1.47. The average molecular weight is 345 g/mol. The maximum Gasteiger partial charge on any atom is 0.344 e. The van der Waals surface area contributed by atoms with E-state index < -0.39 is 18.5 Å². The van der Waals surface area contributed by atoms with Crippen LogP contribution in [0, 0.1) is 11.3 Å². The maximum atomic E-state index is 11.8. The van der Waals surface area contributed by atoms with Gasteiger partial charge in [-0.2, -0.15) is 5.26 Å². The standard InChI is InChI=1S/C17H19N3O5/c1-20(9-15(21)19-13-4-5-13)16(22)10-25-17(23)11-24-14-6-2-12(8-18)3-7-14/h2-3,6-7,13H,4-5,9-11H2,1H3,(H,19,21). The van der Waals surface area contributed by atoms with Gasteiger partial charge < -0.3 is 19.7 Å². The van der Waals surface area contributed by atoms with Gasteiger partial charge in [0.2, 0.25) is 5.91 Å². The molecule has 1 N–H and O–H groups in total. The molecule has 0 aliphatic heterocycles. The van der Waals surface area contributed by atoms with Crippen LogP contribution in [0.15, 0.2) is 24.3 Å². The smallest absolute Gasteiger partial charge is 0.344 e. The highest BCUT2D eigenvalue weighted by atomic mass is 16.6. The molecule has 0 unspecified atom stereocenters. The van der Waals surface area contributed by atoms with Crippen molar-refractivity contribution in [3.63, 3.8) is 0 Å². The van der Waals surface area contributed by atoms with Crippen LogP contribution in [0.3, 0.4) is 0 Å². The van der Waals surface area contributed by atoms with E-state index in [0.717, 1.165) is 12.8 Å². The summed E-state index contributed by atoms with van der Waals surface area (Å²) in [6.45, 7) is -0.886. The number of likely N-dealkylation sites (N-methyl/N-ethyl adjacent to an activating group) is 1. The van der Waals surface area contributed by atoms with Crippen LogP contribution >= 0.6 is 0 Å². The van der Waals surface area contributed by atoms with Crippen LogP contribution in [0.25, 0.3) is 0 Å². The molecule has 0 atom stereocenters. The van der Waals surface area contributed by atoms with E-state index in [9.17, 15) is 14.4 Å². The number of benzene rings is 1. The van der Waals surface area contributed by atoms with Gasteiger partial charge in [-0.15, -0.1) is 0 Å². The van der Waals surface area contributed by atoms with Gasteiger partial charge >= 0.3 is 5.97 Å². The fourth-order valence-electron chi connectivity index (χ4n) is 1.87. The van der Waals surface area contributed by atoms with Crippen molar-refractivity contribution >= 4 is 17.8 Å². The summed E-state index contributed by atoms with van der Waals surface area (Å²) in [6, 6.07) is 8.44. The molecule has 1 fully saturated rings. The topological polar surface area (TPSA) is 109 Å². The predicted octanol–water partition coefficient (Wildman–Crippen LogP) is 0.217. The van der Waals surface area contributed by atoms with Gasteiger partial charge in [0.25, 0.3) is 5.91 Å². The number of nitrogens with zero attached hydrogens (tertiary/aromatic N) is 2. The van der Waals surface area contributed by atoms with Crippen LogP contribution < -0.4 is 10.1 Å². The molecule has 0 saturated heterocycles. The second kappa shape index (κ2) is 8.68. The Labute approximate surface area is 145 Å². The van der Waals surface area contributed by atoms with E-state index in [0.29, 0.717) is 11.3 Å². The van der Waals surface area contributed by atoms with Crippen molar-refractivity contribution in [2.45, 2.75) is 18.9 Å². The molecule has 0 aromatic heterocycles. The van der Waals surface area contributed by atoms with E-state index in [1.807, 2.05) is 6.07 Å². The minimum absolute atomic E-state index is 0.0748. The van der Waals surface area contributed by atoms with Crippen LogP contribution in [-0.2, 0) is 19.1 Å². The van der Waals surface area contributed by atoms with E-state index in [-0.39, 0.29) is 25.1 Å². The van der Waals surface area contributed by atoms with Crippen molar-refractivity contribution in [3.8, 4) is 11.8 Å². The highest BCUT2D eigenvalue weighted by Gasteiger charge is 2.24. The van der Waals surface area contributed by atoms with E-state index in [1.165, 1.54) is 11.9 Å². The van der Waals surface area contributed by atoms with Crippen molar-refractivity contribution in [2.24, 2.45) is 0 Å². The number of hydrogen-bond donors (Lipinski definition) is 1. The molecule has 25 heavy (non-hydrogen) atoms. The number of esters is 1. The second-order valence-electron chi connectivity index (χ2n) is 5.68. The largest absolute Gasteiger partial charge is 0.482 e. The maximum absolute atomic E-state index is 11.8. The Morgan fingerprint density at radius 1 is 1.24 bits per heavy atom. The Balaban J connectivity index is 1.64. The summed E-state index contributed by atoms with van der Waals surface area (Å²) in [5.74, 6) is -0.990. The van der Waals surface area contributed by atoms with Crippen LogP contribution in [0.1, 0.15) is 18.4 Å². The van der Waals surface area contributed by atoms with Crippen molar-refractivity contribution < 1.29 is 23.9 Å². The van der Waals surface area contributed by atoms with Crippen molar-refractivity contribution in [1.82, 2.24) is 10.2 Å². The van der Waals surface area contributed by atoms with E-state index in [1.54, 1.807) is 24.3 Å². The van der Waals surface area contributed by atoms with E-state index >= 15 is 0 Å². The molecule has 8 nitrogen and oxygen atoms in total. The first-order valence-electron chi connectivity index (χ1n) is 7.80. The molecule has 2 rings (SSSR count). The molecule has 0 heterocycles. The zero-order chi connectivity index (χ0) is 18.2. The third-order valence-corrected chi connectivity index (χ3v) is 3.45. The highest BCUT2D eigenvalue weighted by molar-refractivity contribution is 5.86. The predicted molar refractivity (Wildman–Crippen MR) is 86.4 cm³/mol. The molecule has 0 bridgehead atoms. The molecule has 1 saturated carbocycles. The molecule has 8 heteroatoms. The first-order valence-corrected chi connectivity index (χ1v) is 7.80. The molecule has 1 aromatic rings. The number of nitriles is 1. The van der Waals surface area contributed by atoms with Gasteiger partial charge in [0.05, 0.1) is 18.2 Å². The molecule has 132 valence electrons. The third-order valence-electron chi connectivity index (χ3n) is 3.45. The Bertz CT molecular complexity index is 677. The molecule has 1 aliphatic rings. The average Bonchev–Trinajstić information content (AvgIpc) is 3.41. The fraction of sp³-hybridized carbons (Fsp3) is 0.412. The number of nitrogens with one attached hydrogen (secondary N) is 1. The summed E-state index contributed by atoms with van der Waals surface area (Å²) in [5.41, 5.74) is 0.481. The van der Waals surface area contributed by atoms with Crippen molar-refractivity contribution in [2.75, 3.05) is 26.8 Å². The zero-order valence-electron chi connectivity index (χ0n) is 13.9. The number of ether oxygens (including phenoxy) is 2. The zero-order valence-corrected chi connectivity index (χ0v) is 13.9. The Morgan fingerprint density at radius 3 is 2.52 bits per heavy atom. The summed E-state index contributed by atoms with van der Waals surface area (Å²) < 4.78 is 10.0.